The zero-order chi connectivity index (χ0) is 27.0. The summed E-state index contributed by atoms with van der Waals surface area (Å²) in [6, 6.07) is 6.27. The maximum Gasteiger partial charge on any atom is 0.411 e. The predicted octanol–water partition coefficient (Wildman–Crippen LogP) is 5.20. The minimum Gasteiger partial charge on any atom is -0.444 e. The van der Waals surface area contributed by atoms with E-state index in [0.717, 1.165) is 24.8 Å². The summed E-state index contributed by atoms with van der Waals surface area (Å²) in [5.41, 5.74) is 6.17. The largest absolute Gasteiger partial charge is 0.444 e. The third kappa shape index (κ3) is 6.41. The second kappa shape index (κ2) is 9.96. The van der Waals surface area contributed by atoms with Gasteiger partial charge in [0.05, 0.1) is 17.8 Å². The van der Waals surface area contributed by atoms with Crippen LogP contribution >= 0.6 is 0 Å². The molecule has 200 valence electrons. The molecule has 1 saturated carbocycles. The number of benzene rings is 1. The molecule has 0 bridgehead atoms. The zero-order valence-corrected chi connectivity index (χ0v) is 21.3. The van der Waals surface area contributed by atoms with Gasteiger partial charge in [-0.25, -0.2) is 18.0 Å². The molecule has 2 heterocycles. The van der Waals surface area contributed by atoms with Gasteiger partial charge in [0, 0.05) is 18.8 Å². The van der Waals surface area contributed by atoms with Crippen LogP contribution in [0, 0.1) is 11.7 Å². The number of amides is 2. The number of carbonyl (C=O) groups excluding carboxylic acids is 2. The quantitative estimate of drug-likeness (QED) is 0.525. The Labute approximate surface area is 214 Å². The van der Waals surface area contributed by atoms with Crippen molar-refractivity contribution in [1.82, 2.24) is 9.88 Å². The van der Waals surface area contributed by atoms with Gasteiger partial charge in [0.2, 0.25) is 5.91 Å². The van der Waals surface area contributed by atoms with Gasteiger partial charge in [-0.15, -0.1) is 0 Å². The normalized spacial score (nSPS) is 20.8. The van der Waals surface area contributed by atoms with E-state index in [2.05, 4.69) is 10.3 Å². The molecule has 2 fully saturated rings. The highest BCUT2D eigenvalue weighted by atomic mass is 19.3. The van der Waals surface area contributed by atoms with Gasteiger partial charge in [0.15, 0.2) is 0 Å². The summed E-state index contributed by atoms with van der Waals surface area (Å²) in [6.45, 7) is 3.83. The van der Waals surface area contributed by atoms with Crippen LogP contribution in [0.5, 0.6) is 0 Å². The average Bonchev–Trinajstić information content (AvgIpc) is 3.59. The summed E-state index contributed by atoms with van der Waals surface area (Å²) in [5, 5.41) is 2.41. The first-order valence-corrected chi connectivity index (χ1v) is 12.5. The third-order valence-corrected chi connectivity index (χ3v) is 6.78. The second-order valence-corrected chi connectivity index (χ2v) is 11.1. The lowest BCUT2D eigenvalue weighted by Gasteiger charge is -2.31. The molecule has 2 aromatic rings. The number of halogens is 3. The standard InChI is InChI=1S/C27H33F3N4O3/c1-25(2,3)37-24(36)34-16-26(29,30)15-22(34)23(35)33-21-14-19(6-7-20(21)28)27(31,11-8-17-4-5-17)18-9-12-32-13-10-18/h6-7,9-10,12-14,17,22H,4-5,8,11,15-16,31H2,1-3H3,(H,33,35)/t22-,27?/m1/s1. The van der Waals surface area contributed by atoms with Crippen molar-refractivity contribution < 1.29 is 27.5 Å². The van der Waals surface area contributed by atoms with Gasteiger partial charge in [-0.1, -0.05) is 18.9 Å². The number of hydrogen-bond donors (Lipinski definition) is 2. The van der Waals surface area contributed by atoms with E-state index < -0.39 is 53.9 Å². The molecule has 1 saturated heterocycles. The Morgan fingerprint density at radius 1 is 1.16 bits per heavy atom. The van der Waals surface area contributed by atoms with Crippen LogP contribution in [0.1, 0.15) is 64.0 Å². The van der Waals surface area contributed by atoms with E-state index in [1.54, 1.807) is 51.4 Å². The number of pyridine rings is 1. The minimum atomic E-state index is -3.28. The smallest absolute Gasteiger partial charge is 0.411 e. The Hall–Kier alpha value is -3.14. The molecule has 1 aliphatic heterocycles. The van der Waals surface area contributed by atoms with Crippen molar-refractivity contribution in [2.24, 2.45) is 11.7 Å². The topological polar surface area (TPSA) is 97.5 Å². The number of rotatable bonds is 7. The number of alkyl halides is 2. The number of hydrogen-bond acceptors (Lipinski definition) is 5. The predicted molar refractivity (Wildman–Crippen MR) is 132 cm³/mol. The lowest BCUT2D eigenvalue weighted by molar-refractivity contribution is -0.120. The number of anilines is 1. The number of ether oxygens (including phenoxy) is 1. The van der Waals surface area contributed by atoms with Gasteiger partial charge < -0.3 is 15.8 Å². The highest BCUT2D eigenvalue weighted by Crippen LogP contribution is 2.40. The van der Waals surface area contributed by atoms with Crippen LogP contribution in [0.4, 0.5) is 23.7 Å². The van der Waals surface area contributed by atoms with E-state index in [1.807, 2.05) is 0 Å². The first kappa shape index (κ1) is 26.9. The molecule has 0 radical (unpaired) electrons. The molecule has 1 aliphatic carbocycles. The number of carbonyl (C=O) groups is 2. The van der Waals surface area contributed by atoms with E-state index in [9.17, 15) is 22.8 Å². The van der Waals surface area contributed by atoms with Crippen molar-refractivity contribution >= 4 is 17.7 Å². The van der Waals surface area contributed by atoms with Crippen LogP contribution in [0.15, 0.2) is 42.7 Å². The van der Waals surface area contributed by atoms with Crippen LogP contribution < -0.4 is 11.1 Å². The van der Waals surface area contributed by atoms with Crippen LogP contribution in [0.3, 0.4) is 0 Å². The van der Waals surface area contributed by atoms with Gasteiger partial charge >= 0.3 is 6.09 Å². The van der Waals surface area contributed by atoms with Gasteiger partial charge in [0.25, 0.3) is 5.92 Å². The molecule has 10 heteroatoms. The monoisotopic (exact) mass is 518 g/mol. The third-order valence-electron chi connectivity index (χ3n) is 6.78. The molecule has 1 unspecified atom stereocenters. The molecule has 2 atom stereocenters. The SMILES string of the molecule is CC(C)(C)OC(=O)N1CC(F)(F)C[C@@H]1C(=O)Nc1cc(C(N)(CCC2CC2)c2ccncc2)ccc1F. The Bertz CT molecular complexity index is 1150. The molecule has 37 heavy (non-hydrogen) atoms. The van der Waals surface area contributed by atoms with Crippen LogP contribution in [0.2, 0.25) is 0 Å². The molecule has 7 nitrogen and oxygen atoms in total. The zero-order valence-electron chi connectivity index (χ0n) is 21.3. The van der Waals surface area contributed by atoms with Crippen molar-refractivity contribution in [2.75, 3.05) is 11.9 Å². The summed E-state index contributed by atoms with van der Waals surface area (Å²) in [4.78, 5) is 30.4. The van der Waals surface area contributed by atoms with Crippen LogP contribution in [0.25, 0.3) is 0 Å². The fraction of sp³-hybridized carbons (Fsp3) is 0.519. The highest BCUT2D eigenvalue weighted by Gasteiger charge is 2.51. The number of nitrogens with one attached hydrogen (secondary N) is 1. The van der Waals surface area contributed by atoms with E-state index in [4.69, 9.17) is 10.5 Å². The number of nitrogens with two attached hydrogens (primary N) is 1. The Kier molecular flexibility index (Phi) is 7.25. The summed E-state index contributed by atoms with van der Waals surface area (Å²) in [5.74, 6) is -4.35. The number of nitrogens with zero attached hydrogens (tertiary/aromatic N) is 2. The van der Waals surface area contributed by atoms with Crippen LogP contribution in [-0.2, 0) is 15.1 Å². The van der Waals surface area contributed by atoms with Gasteiger partial charge in [-0.3, -0.25) is 14.7 Å². The van der Waals surface area contributed by atoms with E-state index >= 15 is 0 Å². The minimum absolute atomic E-state index is 0.197. The van der Waals surface area contributed by atoms with E-state index in [0.29, 0.717) is 22.8 Å². The summed E-state index contributed by atoms with van der Waals surface area (Å²) < 4.78 is 48.6. The molecule has 3 N–H and O–H groups in total. The van der Waals surface area contributed by atoms with E-state index in [-0.39, 0.29) is 5.69 Å². The molecule has 1 aromatic carbocycles. The molecule has 1 aromatic heterocycles. The van der Waals surface area contributed by atoms with E-state index in [1.165, 1.54) is 12.1 Å². The summed E-state index contributed by atoms with van der Waals surface area (Å²) >= 11 is 0. The molecule has 2 aliphatic rings. The molecule has 0 spiro atoms. The van der Waals surface area contributed by atoms with Crippen molar-refractivity contribution in [3.63, 3.8) is 0 Å². The van der Waals surface area contributed by atoms with Crippen molar-refractivity contribution in [3.8, 4) is 0 Å². The Morgan fingerprint density at radius 3 is 2.46 bits per heavy atom. The Balaban J connectivity index is 1.60. The summed E-state index contributed by atoms with van der Waals surface area (Å²) in [7, 11) is 0. The fourth-order valence-electron chi connectivity index (χ4n) is 4.62. The maximum atomic E-state index is 14.8. The molecule has 4 rings (SSSR count). The second-order valence-electron chi connectivity index (χ2n) is 11.1. The lowest BCUT2D eigenvalue weighted by atomic mass is 9.79. The van der Waals surface area contributed by atoms with Crippen molar-refractivity contribution in [2.45, 2.75) is 76.0 Å². The van der Waals surface area contributed by atoms with Crippen LogP contribution in [-0.4, -0.2) is 46.0 Å². The molecular weight excluding hydrogens is 485 g/mol. The van der Waals surface area contributed by atoms with Gasteiger partial charge in [0.1, 0.15) is 17.5 Å². The average molecular weight is 519 g/mol. The number of aromatic nitrogens is 1. The maximum absolute atomic E-state index is 14.8. The lowest BCUT2D eigenvalue weighted by Crippen LogP contribution is -2.45. The molecule has 2 amide bonds. The van der Waals surface area contributed by atoms with Gasteiger partial charge in [-0.05, 0) is 74.9 Å². The van der Waals surface area contributed by atoms with Crippen molar-refractivity contribution in [3.05, 3.63) is 59.7 Å². The number of likely N-dealkylation sites (tertiary alicyclic amines) is 1. The summed E-state index contributed by atoms with van der Waals surface area (Å²) in [6.07, 6.45) is 5.13. The first-order valence-electron chi connectivity index (χ1n) is 12.5. The first-order chi connectivity index (χ1) is 17.3. The Morgan fingerprint density at radius 2 is 1.84 bits per heavy atom. The fourth-order valence-corrected chi connectivity index (χ4v) is 4.62. The molecular formula is C27H33F3N4O3. The van der Waals surface area contributed by atoms with Gasteiger partial charge in [-0.2, -0.15) is 0 Å². The van der Waals surface area contributed by atoms with Crippen molar-refractivity contribution in [1.29, 1.82) is 0 Å². The highest BCUT2D eigenvalue weighted by molar-refractivity contribution is 5.97.